The zero-order valence-electron chi connectivity index (χ0n) is 28.3. The number of rotatable bonds is 4. The Balaban J connectivity index is 0.000000168. The molecule has 0 saturated heterocycles. The highest BCUT2D eigenvalue weighted by atomic mass is 127. The maximum absolute atomic E-state index is 11.4. The number of aromatic nitrogens is 11. The highest BCUT2D eigenvalue weighted by Crippen LogP contribution is 2.26. The predicted molar refractivity (Wildman–Crippen MR) is 200 cm³/mol. The molecule has 0 amide bonds. The van der Waals surface area contributed by atoms with E-state index >= 15 is 0 Å². The lowest BCUT2D eigenvalue weighted by molar-refractivity contribution is -0.638. The van der Waals surface area contributed by atoms with Crippen molar-refractivity contribution in [2.75, 3.05) is 20.1 Å². The molecular weight excluding hydrogens is 870 g/mol. The predicted octanol–water partition coefficient (Wildman–Crippen LogP) is 2.00. The molecule has 274 valence electrons. The molecule has 0 unspecified atom stereocenters. The third kappa shape index (κ3) is 10.4. The second-order valence-electron chi connectivity index (χ2n) is 10.2. The van der Waals surface area contributed by atoms with Gasteiger partial charge in [0.2, 0.25) is 17.6 Å². The van der Waals surface area contributed by atoms with Crippen LogP contribution in [0, 0.1) is 12.3 Å². The van der Waals surface area contributed by atoms with Crippen molar-refractivity contribution in [1.82, 2.24) is 49.1 Å². The Bertz CT molecular complexity index is 2560. The van der Waals surface area contributed by atoms with E-state index in [9.17, 15) is 4.79 Å². The summed E-state index contributed by atoms with van der Waals surface area (Å²) in [7, 11) is 2.99. The van der Waals surface area contributed by atoms with Crippen LogP contribution in [0.1, 0.15) is 5.82 Å². The van der Waals surface area contributed by atoms with Gasteiger partial charge in [-0.25, -0.2) is 29.8 Å². The Morgan fingerprint density at radius 2 is 1.30 bits per heavy atom. The Morgan fingerprint density at radius 3 is 1.85 bits per heavy atom. The maximum atomic E-state index is 11.4. The number of hydrogen-bond acceptors (Lipinski definition) is 11. The summed E-state index contributed by atoms with van der Waals surface area (Å²) in [5.41, 5.74) is 3.05. The minimum atomic E-state index is -0.355. The van der Waals surface area contributed by atoms with Crippen LogP contribution in [0.4, 0.5) is 0 Å². The molecule has 54 heavy (non-hydrogen) atoms. The molecule has 0 aliphatic carbocycles. The number of aromatic amines is 1. The monoisotopic (exact) mass is 896 g/mol. The molecule has 0 atom stereocenters. The molecule has 0 aliphatic heterocycles. The zero-order chi connectivity index (χ0) is 37.7. The van der Waals surface area contributed by atoms with Crippen LogP contribution in [0.5, 0.6) is 11.8 Å². The number of hydrogen-bond donors (Lipinski definition) is 2. The van der Waals surface area contributed by atoms with Crippen LogP contribution in [0.25, 0.3) is 33.8 Å². The van der Waals surface area contributed by atoms with Gasteiger partial charge in [-0.15, -0.1) is 6.42 Å². The zero-order valence-corrected chi connectivity index (χ0v) is 32.7. The summed E-state index contributed by atoms with van der Waals surface area (Å²) < 4.78 is 14.9. The first-order chi connectivity index (χ1) is 25.7. The lowest BCUT2D eigenvalue weighted by atomic mass is 10.2. The minimum Gasteiger partial charge on any atom is -1.00 e. The van der Waals surface area contributed by atoms with Crippen LogP contribution >= 0.6 is 34.8 Å². The van der Waals surface area contributed by atoms with Crippen molar-refractivity contribution < 1.29 is 38.1 Å². The summed E-state index contributed by atoms with van der Waals surface area (Å²) in [6.07, 6.45) is 19.9. The van der Waals surface area contributed by atoms with E-state index in [4.69, 9.17) is 56.5 Å². The molecule has 0 aromatic carbocycles. The molecule has 0 saturated carbocycles. The second-order valence-corrected chi connectivity index (χ2v) is 11.4. The Kier molecular flexibility index (Phi) is 15.0. The van der Waals surface area contributed by atoms with Crippen molar-refractivity contribution in [2.45, 2.75) is 0 Å². The number of terminal acetylenes is 1. The van der Waals surface area contributed by atoms with E-state index in [0.717, 1.165) is 22.2 Å². The number of fused-ring (bicyclic) bond motifs is 2. The van der Waals surface area contributed by atoms with Crippen LogP contribution in [-0.4, -0.2) is 63.4 Å². The van der Waals surface area contributed by atoms with E-state index in [1.54, 1.807) is 33.8 Å². The van der Waals surface area contributed by atoms with Gasteiger partial charge < -0.3 is 38.4 Å². The quantitative estimate of drug-likeness (QED) is 0.114. The number of nitrogen functional groups attached to an aromatic ring is 1. The van der Waals surface area contributed by atoms with Crippen molar-refractivity contribution in [3.05, 3.63) is 142 Å². The lowest BCUT2D eigenvalue weighted by Crippen LogP contribution is -3.00. The summed E-state index contributed by atoms with van der Waals surface area (Å²) in [5.74, 6) is 9.47. The minimum absolute atomic E-state index is 0. The van der Waals surface area contributed by atoms with E-state index in [0.29, 0.717) is 33.5 Å². The number of halogens is 4. The fraction of sp³-hybridized carbons (Fsp3) is 0.0571. The molecule has 8 rings (SSSR count). The molecule has 0 bridgehead atoms. The van der Waals surface area contributed by atoms with E-state index in [2.05, 4.69) is 46.0 Å². The van der Waals surface area contributed by atoms with Crippen molar-refractivity contribution in [2.24, 2.45) is 0 Å². The van der Waals surface area contributed by atoms with Gasteiger partial charge in [0.1, 0.15) is 20.9 Å². The molecule has 19 heteroatoms. The van der Waals surface area contributed by atoms with Crippen molar-refractivity contribution in [1.29, 1.82) is 0 Å². The summed E-state index contributed by atoms with van der Waals surface area (Å²) in [6, 6.07) is 17.1. The van der Waals surface area contributed by atoms with Gasteiger partial charge >= 0.3 is 0 Å². The number of nitrogens with one attached hydrogen (secondary N) is 1. The van der Waals surface area contributed by atoms with Gasteiger partial charge in [-0.3, -0.25) is 4.79 Å². The molecular formula is C35H28Cl3IN12O3. The van der Waals surface area contributed by atoms with Gasteiger partial charge in [0.15, 0.2) is 18.2 Å². The SMILES string of the molecule is C#Cc1ncc(Cl)c(OC)n1.COc1nc(-c2cnn3ccccc23)ncc1Cl.N[n+]1ccccc1.O=c1[nH]c(-c2cnn3ccccc23)ncc1Cl.[I-]. The van der Waals surface area contributed by atoms with Gasteiger partial charge in [0, 0.05) is 24.5 Å². The molecule has 0 radical (unpaired) electrons. The van der Waals surface area contributed by atoms with Gasteiger partial charge in [-0.1, -0.05) is 57.7 Å². The number of nitrogens with two attached hydrogens (primary N) is 1. The molecule has 0 spiro atoms. The van der Waals surface area contributed by atoms with Crippen LogP contribution in [0.2, 0.25) is 15.1 Å². The van der Waals surface area contributed by atoms with E-state index in [1.807, 2.05) is 67.0 Å². The number of H-pyrrole nitrogens is 1. The van der Waals surface area contributed by atoms with E-state index in [1.165, 1.54) is 37.5 Å². The first-order valence-electron chi connectivity index (χ1n) is 15.1. The summed E-state index contributed by atoms with van der Waals surface area (Å²) in [5, 5.41) is 9.22. The normalized spacial score (nSPS) is 9.93. The fourth-order valence-electron chi connectivity index (χ4n) is 4.34. The third-order valence-electron chi connectivity index (χ3n) is 6.78. The molecule has 8 heterocycles. The van der Waals surface area contributed by atoms with Crippen molar-refractivity contribution in [3.8, 4) is 46.9 Å². The fourth-order valence-corrected chi connectivity index (χ4v) is 4.77. The van der Waals surface area contributed by atoms with E-state index < -0.39 is 0 Å². The number of ether oxygens (including phenoxy) is 2. The Labute approximate surface area is 339 Å². The molecule has 3 N–H and O–H groups in total. The van der Waals surface area contributed by atoms with Crippen LogP contribution in [0.3, 0.4) is 0 Å². The highest BCUT2D eigenvalue weighted by molar-refractivity contribution is 6.32. The molecule has 8 aromatic rings. The lowest BCUT2D eigenvalue weighted by Gasteiger charge is -2.03. The maximum Gasteiger partial charge on any atom is 0.269 e. The molecule has 15 nitrogen and oxygen atoms in total. The summed E-state index contributed by atoms with van der Waals surface area (Å²) in [6.45, 7) is 0. The highest BCUT2D eigenvalue weighted by Gasteiger charge is 2.12. The van der Waals surface area contributed by atoms with Crippen LogP contribution < -0.4 is 49.5 Å². The smallest absolute Gasteiger partial charge is 0.269 e. The van der Waals surface area contributed by atoms with Gasteiger partial charge in [0.25, 0.3) is 5.56 Å². The average molecular weight is 898 g/mol. The number of nitrogens with zero attached hydrogens (tertiary/aromatic N) is 10. The largest absolute Gasteiger partial charge is 1.00 e. The molecule has 0 aliphatic rings. The second kappa shape index (κ2) is 19.8. The van der Waals surface area contributed by atoms with Gasteiger partial charge in [0.05, 0.1) is 67.4 Å². The topological polar surface area (TPSA) is 180 Å². The van der Waals surface area contributed by atoms with Crippen molar-refractivity contribution >= 4 is 45.8 Å². The van der Waals surface area contributed by atoms with Crippen molar-refractivity contribution in [3.63, 3.8) is 0 Å². The summed E-state index contributed by atoms with van der Waals surface area (Å²) >= 11 is 17.2. The Hall–Kier alpha value is -5.87. The molecule has 8 aromatic heterocycles. The third-order valence-corrected chi connectivity index (χ3v) is 7.57. The molecule has 0 fully saturated rings. The number of pyridine rings is 3. The Morgan fingerprint density at radius 1 is 0.741 bits per heavy atom. The van der Waals surface area contributed by atoms with Crippen LogP contribution in [-0.2, 0) is 0 Å². The number of methoxy groups -OCH3 is 2. The van der Waals surface area contributed by atoms with Gasteiger partial charge in [-0.2, -0.15) is 20.2 Å². The van der Waals surface area contributed by atoms with Gasteiger partial charge in [-0.05, 0) is 30.2 Å². The first-order valence-corrected chi connectivity index (χ1v) is 16.3. The van der Waals surface area contributed by atoms with Crippen LogP contribution in [0.15, 0.2) is 115 Å². The van der Waals surface area contributed by atoms with E-state index in [-0.39, 0.29) is 40.4 Å². The summed E-state index contributed by atoms with van der Waals surface area (Å²) in [4.78, 5) is 34.1. The standard InChI is InChI=1S/C12H9ClN4O.C11H7ClN4O.C7H5ClN2O.C5H7N2.HI/c1-18-12-9(13)7-14-11(16-12)8-6-15-17-5-3-2-4-10(8)17;12-8-6-13-10(15-11(8)17)7-5-14-16-4-2-1-3-9(7)16;1-3-6-9-4-5(8)7(10-6)11-2;6-7-4-2-1-3-5-7;/h2-7H,1H3;1-6H,(H,13,15,17);1,4H,2H3;1-5H,6H2;1H/q;;;+1;/p-1. The first kappa shape index (κ1) is 40.9. The average Bonchev–Trinajstić information content (AvgIpc) is 3.83.